The molecule has 3 nitrogen and oxygen atoms in total. The maximum atomic E-state index is 4.99. The third-order valence-electron chi connectivity index (χ3n) is 4.21. The lowest BCUT2D eigenvalue weighted by Crippen LogP contribution is -2.25. The fourth-order valence-corrected chi connectivity index (χ4v) is 4.26. The van der Waals surface area contributed by atoms with Crippen LogP contribution in [0.2, 0.25) is 0 Å². The molecule has 1 aromatic carbocycles. The molecule has 2 aromatic rings. The van der Waals surface area contributed by atoms with Gasteiger partial charge in [0.25, 0.3) is 0 Å². The van der Waals surface area contributed by atoms with Crippen molar-refractivity contribution < 1.29 is 0 Å². The molecule has 2 heterocycles. The molecule has 1 N–H and O–H groups in total. The number of hydrogen-bond acceptors (Lipinski definition) is 4. The van der Waals surface area contributed by atoms with E-state index in [1.807, 2.05) is 11.3 Å². The van der Waals surface area contributed by atoms with Crippen LogP contribution >= 0.6 is 11.3 Å². The largest absolute Gasteiger partial charge is 0.360 e. The SMILES string of the molecule is CC(C)c1nc(-c2cccc3c2N[CH]N3C(C)C)sc1C(C)C. The molecule has 0 saturated carbocycles. The summed E-state index contributed by atoms with van der Waals surface area (Å²) in [4.78, 5) is 8.68. The van der Waals surface area contributed by atoms with Crippen molar-refractivity contribution in [1.29, 1.82) is 0 Å². The van der Waals surface area contributed by atoms with Gasteiger partial charge in [-0.05, 0) is 37.8 Å². The van der Waals surface area contributed by atoms with Gasteiger partial charge in [-0.2, -0.15) is 0 Å². The highest BCUT2D eigenvalue weighted by Gasteiger charge is 2.26. The summed E-state index contributed by atoms with van der Waals surface area (Å²) in [5, 5.41) is 4.58. The van der Waals surface area contributed by atoms with E-state index in [0.717, 1.165) is 5.01 Å². The van der Waals surface area contributed by atoms with Crippen LogP contribution in [0, 0.1) is 6.67 Å². The van der Waals surface area contributed by atoms with E-state index in [4.69, 9.17) is 4.98 Å². The van der Waals surface area contributed by atoms with Gasteiger partial charge in [-0.15, -0.1) is 11.3 Å². The summed E-state index contributed by atoms with van der Waals surface area (Å²) < 4.78 is 0. The van der Waals surface area contributed by atoms with Gasteiger partial charge in [0.05, 0.1) is 17.1 Å². The first-order chi connectivity index (χ1) is 10.9. The van der Waals surface area contributed by atoms with Crippen LogP contribution in [0.4, 0.5) is 11.4 Å². The second kappa shape index (κ2) is 6.16. The summed E-state index contributed by atoms with van der Waals surface area (Å²) in [6, 6.07) is 6.93. The molecule has 1 radical (unpaired) electrons. The molecule has 4 heteroatoms. The van der Waals surface area contributed by atoms with Crippen molar-refractivity contribution in [3.8, 4) is 10.6 Å². The summed E-state index contributed by atoms with van der Waals surface area (Å²) in [6.45, 7) is 15.4. The van der Waals surface area contributed by atoms with Crippen molar-refractivity contribution in [2.24, 2.45) is 0 Å². The number of fused-ring (bicyclic) bond motifs is 1. The Morgan fingerprint density at radius 3 is 2.35 bits per heavy atom. The summed E-state index contributed by atoms with van der Waals surface area (Å²) in [5.41, 5.74) is 4.88. The Morgan fingerprint density at radius 2 is 1.78 bits per heavy atom. The van der Waals surface area contributed by atoms with Gasteiger partial charge in [0, 0.05) is 16.5 Å². The average Bonchev–Trinajstić information content (AvgIpc) is 3.11. The van der Waals surface area contributed by atoms with E-state index >= 15 is 0 Å². The van der Waals surface area contributed by atoms with Crippen molar-refractivity contribution >= 4 is 22.7 Å². The molecule has 0 bridgehead atoms. The van der Waals surface area contributed by atoms with Gasteiger partial charge in [0.2, 0.25) is 0 Å². The van der Waals surface area contributed by atoms with Crippen molar-refractivity contribution in [2.45, 2.75) is 59.4 Å². The van der Waals surface area contributed by atoms with E-state index in [1.54, 1.807) is 0 Å². The first-order valence-corrected chi connectivity index (χ1v) is 9.24. The number of rotatable bonds is 4. The Kier molecular flexibility index (Phi) is 4.37. The highest BCUT2D eigenvalue weighted by atomic mass is 32.1. The molecule has 0 atom stereocenters. The molecule has 1 aliphatic heterocycles. The zero-order chi connectivity index (χ0) is 16.7. The molecule has 1 aromatic heterocycles. The number of hydrogen-bond donors (Lipinski definition) is 1. The number of thiazole rings is 1. The van der Waals surface area contributed by atoms with E-state index in [0.29, 0.717) is 17.9 Å². The van der Waals surface area contributed by atoms with Crippen molar-refractivity contribution in [3.05, 3.63) is 35.4 Å². The van der Waals surface area contributed by atoms with Crippen LogP contribution in [-0.4, -0.2) is 11.0 Å². The Morgan fingerprint density at radius 1 is 1.04 bits per heavy atom. The van der Waals surface area contributed by atoms with Gasteiger partial charge in [-0.1, -0.05) is 33.8 Å². The van der Waals surface area contributed by atoms with E-state index in [-0.39, 0.29) is 0 Å². The monoisotopic (exact) mass is 328 g/mol. The molecule has 0 unspecified atom stereocenters. The summed E-state index contributed by atoms with van der Waals surface area (Å²) in [5.74, 6) is 0.975. The van der Waals surface area contributed by atoms with Gasteiger partial charge < -0.3 is 10.2 Å². The lowest BCUT2D eigenvalue weighted by Gasteiger charge is -2.21. The molecule has 3 rings (SSSR count). The number of nitrogens with zero attached hydrogens (tertiary/aromatic N) is 2. The van der Waals surface area contributed by atoms with Crippen LogP contribution < -0.4 is 10.2 Å². The minimum Gasteiger partial charge on any atom is -0.360 e. The Bertz CT molecular complexity index is 675. The molecule has 0 spiro atoms. The number of anilines is 2. The fraction of sp³-hybridized carbons (Fsp3) is 0.474. The van der Waals surface area contributed by atoms with Gasteiger partial charge in [-0.25, -0.2) is 4.98 Å². The molecule has 0 saturated heterocycles. The second-order valence-electron chi connectivity index (χ2n) is 7.05. The van der Waals surface area contributed by atoms with Gasteiger partial charge in [-0.3, -0.25) is 0 Å². The third-order valence-corrected chi connectivity index (χ3v) is 5.61. The number of benzene rings is 1. The van der Waals surface area contributed by atoms with Crippen LogP contribution in [0.1, 0.15) is 63.9 Å². The molecule has 0 aliphatic carbocycles. The molecular weight excluding hydrogens is 302 g/mol. The Balaban J connectivity index is 2.09. The smallest absolute Gasteiger partial charge is 0.139 e. The summed E-state index contributed by atoms with van der Waals surface area (Å²) in [7, 11) is 0. The van der Waals surface area contributed by atoms with Gasteiger partial charge in [0.15, 0.2) is 0 Å². The molecule has 0 amide bonds. The molecular formula is C19H26N3S. The second-order valence-corrected chi connectivity index (χ2v) is 8.08. The van der Waals surface area contributed by atoms with E-state index < -0.39 is 0 Å². The molecule has 23 heavy (non-hydrogen) atoms. The zero-order valence-electron chi connectivity index (χ0n) is 14.8. The lowest BCUT2D eigenvalue weighted by molar-refractivity contribution is 0.767. The normalized spacial score (nSPS) is 14.0. The van der Waals surface area contributed by atoms with Crippen LogP contribution in [-0.2, 0) is 0 Å². The first kappa shape index (κ1) is 16.3. The van der Waals surface area contributed by atoms with Crippen molar-refractivity contribution in [2.75, 3.05) is 10.2 Å². The molecule has 1 aliphatic rings. The van der Waals surface area contributed by atoms with Gasteiger partial charge in [0.1, 0.15) is 11.7 Å². The molecule has 123 valence electrons. The predicted molar refractivity (Wildman–Crippen MR) is 101 cm³/mol. The van der Waals surface area contributed by atoms with E-state index in [1.165, 1.54) is 27.5 Å². The fourth-order valence-electron chi connectivity index (χ4n) is 3.00. The quantitative estimate of drug-likeness (QED) is 0.767. The maximum Gasteiger partial charge on any atom is 0.139 e. The van der Waals surface area contributed by atoms with Crippen LogP contribution in [0.3, 0.4) is 0 Å². The van der Waals surface area contributed by atoms with Gasteiger partial charge >= 0.3 is 0 Å². The van der Waals surface area contributed by atoms with Crippen molar-refractivity contribution in [3.63, 3.8) is 0 Å². The van der Waals surface area contributed by atoms with Crippen LogP contribution in [0.5, 0.6) is 0 Å². The summed E-state index contributed by atoms with van der Waals surface area (Å²) in [6.07, 6.45) is 0. The number of nitrogens with one attached hydrogen (secondary N) is 1. The lowest BCUT2D eigenvalue weighted by atomic mass is 10.0. The number of aromatic nitrogens is 1. The number of para-hydroxylation sites is 1. The predicted octanol–water partition coefficient (Wildman–Crippen LogP) is 5.82. The van der Waals surface area contributed by atoms with Crippen LogP contribution in [0.25, 0.3) is 10.6 Å². The third kappa shape index (κ3) is 2.85. The molecule has 0 fully saturated rings. The minimum atomic E-state index is 0.438. The van der Waals surface area contributed by atoms with Crippen LogP contribution in [0.15, 0.2) is 18.2 Å². The maximum absolute atomic E-state index is 4.99. The summed E-state index contributed by atoms with van der Waals surface area (Å²) >= 11 is 1.84. The van der Waals surface area contributed by atoms with E-state index in [9.17, 15) is 0 Å². The van der Waals surface area contributed by atoms with Crippen molar-refractivity contribution in [1.82, 2.24) is 4.98 Å². The Hall–Kier alpha value is -1.55. The highest BCUT2D eigenvalue weighted by molar-refractivity contribution is 7.15. The standard InChI is InChI=1S/C19H26N3S/c1-11(2)16-18(12(3)4)23-19(21-16)14-8-7-9-15-17(14)20-10-22(15)13(5)6/h7-13,20H,1-6H3. The topological polar surface area (TPSA) is 28.2 Å². The van der Waals surface area contributed by atoms with E-state index in [2.05, 4.69) is 76.6 Å². The Labute approximate surface area is 143 Å². The first-order valence-electron chi connectivity index (χ1n) is 8.42. The highest BCUT2D eigenvalue weighted by Crippen LogP contribution is 2.44. The average molecular weight is 329 g/mol. The minimum absolute atomic E-state index is 0.438. The zero-order valence-corrected chi connectivity index (χ0v) is 15.7.